The first-order valence-corrected chi connectivity index (χ1v) is 23.4. The Kier molecular flexibility index (Phi) is 19.5. The molecule has 8 rings (SSSR count). The van der Waals surface area contributed by atoms with Crippen molar-refractivity contribution in [2.45, 2.75) is 68.4 Å². The molecule has 394 valence electrons. The van der Waals surface area contributed by atoms with Crippen molar-refractivity contribution in [2.24, 2.45) is 0 Å². The number of fused-ring (bicyclic) bond motifs is 4. The molecule has 0 amide bonds. The molecule has 0 radical (unpaired) electrons. The number of aryl methyl sites for hydroxylation is 4. The summed E-state index contributed by atoms with van der Waals surface area (Å²) in [6.45, 7) is 15.3. The van der Waals surface area contributed by atoms with Gasteiger partial charge in [0.05, 0.1) is 120 Å². The number of rotatable bonds is 10. The Hall–Kier alpha value is -7.99. The molecule has 0 saturated heterocycles. The van der Waals surface area contributed by atoms with E-state index in [9.17, 15) is 14.7 Å². The van der Waals surface area contributed by atoms with Crippen LogP contribution in [-0.2, 0) is 22.5 Å². The van der Waals surface area contributed by atoms with Crippen LogP contribution < -0.4 is 28.4 Å². The smallest absolute Gasteiger partial charge is 0.340 e. The lowest BCUT2D eigenvalue weighted by molar-refractivity contribution is 0.0592. The SMILES string of the molecule is COC(=O)c1c(C)c(C)cc2nc(Cl)c(Cl)nc12.COC(=O)c1c(C)c(C)cc2nc(OC)c(OC)nc12.COc1nc2cc(C)c(C)c(CC#N)c2nc1OC.COc1nc2cc(C)c(C)c(CO)c2nc1OC. The van der Waals surface area contributed by atoms with Crippen LogP contribution in [0.15, 0.2) is 24.3 Å². The molecule has 0 bridgehead atoms. The zero-order chi connectivity index (χ0) is 55.6. The molecule has 0 aliphatic rings. The van der Waals surface area contributed by atoms with E-state index in [-0.39, 0.29) is 28.7 Å². The number of carbonyl (C=O) groups is 2. The van der Waals surface area contributed by atoms with Crippen LogP contribution in [0.5, 0.6) is 35.3 Å². The Morgan fingerprint density at radius 1 is 0.453 bits per heavy atom. The van der Waals surface area contributed by atoms with Gasteiger partial charge in [-0.1, -0.05) is 23.2 Å². The number of aliphatic hydroxyl groups is 1. The number of carbonyl (C=O) groups excluding carboxylic acids is 2. The van der Waals surface area contributed by atoms with Crippen molar-refractivity contribution in [1.82, 2.24) is 39.9 Å². The maximum atomic E-state index is 12.0. The van der Waals surface area contributed by atoms with Gasteiger partial charge >= 0.3 is 11.9 Å². The lowest BCUT2D eigenvalue weighted by Gasteiger charge is -2.12. The summed E-state index contributed by atoms with van der Waals surface area (Å²) in [6, 6.07) is 9.71. The van der Waals surface area contributed by atoms with E-state index in [1.807, 2.05) is 79.7 Å². The van der Waals surface area contributed by atoms with Crippen LogP contribution in [0.1, 0.15) is 76.4 Å². The predicted molar refractivity (Wildman–Crippen MR) is 283 cm³/mol. The van der Waals surface area contributed by atoms with Gasteiger partial charge in [-0.05, 0) is 130 Å². The highest BCUT2D eigenvalue weighted by Crippen LogP contribution is 2.33. The van der Waals surface area contributed by atoms with E-state index in [1.54, 1.807) is 0 Å². The molecule has 4 heterocycles. The molecule has 4 aromatic heterocycles. The highest BCUT2D eigenvalue weighted by molar-refractivity contribution is 6.40. The van der Waals surface area contributed by atoms with Crippen molar-refractivity contribution in [2.75, 3.05) is 56.9 Å². The molecule has 0 aliphatic heterocycles. The van der Waals surface area contributed by atoms with E-state index < -0.39 is 11.9 Å². The number of hydrogen-bond acceptors (Lipinski definition) is 20. The van der Waals surface area contributed by atoms with Gasteiger partial charge < -0.3 is 43.0 Å². The van der Waals surface area contributed by atoms with Gasteiger partial charge in [-0.3, -0.25) is 0 Å². The van der Waals surface area contributed by atoms with Gasteiger partial charge in [-0.15, -0.1) is 0 Å². The fourth-order valence-electron chi connectivity index (χ4n) is 7.70. The molecule has 1 N–H and O–H groups in total. The predicted octanol–water partition coefficient (Wildman–Crippen LogP) is 9.48. The van der Waals surface area contributed by atoms with Crippen molar-refractivity contribution >= 4 is 79.3 Å². The molecule has 0 aliphatic carbocycles. The highest BCUT2D eigenvalue weighted by Gasteiger charge is 2.23. The first kappa shape index (κ1) is 57.9. The van der Waals surface area contributed by atoms with Gasteiger partial charge in [0.1, 0.15) is 11.0 Å². The largest absolute Gasteiger partial charge is 0.477 e. The standard InChI is InChI=1S/C14H15N3O2.C14H16N2O4.C13H16N2O3.C12H10Cl2N2O2/c1-8-7-11-12(10(5-6-15)9(8)2)17-14(19-4)13(16-11)18-3;1-7-6-9-11(10(8(7)2)14(17)20-5)16-13(19-4)12(15-9)18-3;1-7-5-10-11(9(6-16)8(7)2)15-13(18-4)12(14-10)17-3;1-5-4-7-9(16-11(14)10(13)15-7)8(6(5)2)12(17)18-3/h7H,5H2,1-4H3;6H,1-5H3;5,16H,6H2,1-4H3;4H,1-3H3. The second-order valence-electron chi connectivity index (χ2n) is 16.5. The topological polar surface area (TPSA) is 255 Å². The Balaban J connectivity index is 0.000000185. The normalized spacial score (nSPS) is 10.5. The summed E-state index contributed by atoms with van der Waals surface area (Å²) in [4.78, 5) is 58.2. The molecule has 0 fully saturated rings. The summed E-state index contributed by atoms with van der Waals surface area (Å²) >= 11 is 11.7. The second kappa shape index (κ2) is 25.3. The van der Waals surface area contributed by atoms with Crippen LogP contribution in [0.4, 0.5) is 0 Å². The minimum Gasteiger partial charge on any atom is -0.477 e. The summed E-state index contributed by atoms with van der Waals surface area (Å²) in [5.74, 6) is 0.942. The van der Waals surface area contributed by atoms with Gasteiger partial charge in [0.2, 0.25) is 0 Å². The summed E-state index contributed by atoms with van der Waals surface area (Å²) in [5, 5.41) is 18.6. The number of esters is 2. The molecule has 8 aromatic rings. The quantitative estimate of drug-likeness (QED) is 0.125. The first-order chi connectivity index (χ1) is 35.7. The number of aliphatic hydroxyl groups excluding tert-OH is 1. The maximum Gasteiger partial charge on any atom is 0.340 e. The minimum atomic E-state index is -0.464. The van der Waals surface area contributed by atoms with E-state index >= 15 is 0 Å². The number of benzene rings is 4. The molecule has 4 aromatic carbocycles. The fourth-order valence-corrected chi connectivity index (χ4v) is 7.96. The van der Waals surface area contributed by atoms with E-state index in [1.165, 1.54) is 56.9 Å². The van der Waals surface area contributed by atoms with Crippen LogP contribution in [-0.4, -0.2) is 114 Å². The Morgan fingerprint density at radius 2 is 0.747 bits per heavy atom. The van der Waals surface area contributed by atoms with E-state index in [0.29, 0.717) is 85.2 Å². The van der Waals surface area contributed by atoms with E-state index in [0.717, 1.165) is 55.6 Å². The monoisotopic (exact) mass is 1070 g/mol. The number of aromatic nitrogens is 8. The zero-order valence-electron chi connectivity index (χ0n) is 44.5. The third kappa shape index (κ3) is 12.2. The van der Waals surface area contributed by atoms with Crippen molar-refractivity contribution in [1.29, 1.82) is 5.26 Å². The fraction of sp³-hybridized carbons (Fsp3) is 0.340. The van der Waals surface area contributed by atoms with Gasteiger partial charge in [0.25, 0.3) is 35.3 Å². The number of nitrogens with zero attached hydrogens (tertiary/aromatic N) is 9. The molecule has 0 unspecified atom stereocenters. The van der Waals surface area contributed by atoms with Crippen LogP contribution in [0.3, 0.4) is 0 Å². The Morgan fingerprint density at radius 3 is 1.11 bits per heavy atom. The van der Waals surface area contributed by atoms with Crippen LogP contribution in [0, 0.1) is 66.7 Å². The highest BCUT2D eigenvalue weighted by atomic mass is 35.5. The molecule has 75 heavy (non-hydrogen) atoms. The van der Waals surface area contributed by atoms with Gasteiger partial charge in [-0.2, -0.15) is 5.26 Å². The van der Waals surface area contributed by atoms with Gasteiger partial charge in [0.15, 0.2) is 10.3 Å². The van der Waals surface area contributed by atoms with Crippen LogP contribution in [0.25, 0.3) is 44.1 Å². The van der Waals surface area contributed by atoms with Crippen molar-refractivity contribution < 1.29 is 52.6 Å². The number of ether oxygens (including phenoxy) is 8. The molecule has 0 atom stereocenters. The summed E-state index contributed by atoms with van der Waals surface area (Å²) in [7, 11) is 11.7. The summed E-state index contributed by atoms with van der Waals surface area (Å²) in [6.07, 6.45) is 0.300. The third-order valence-corrected chi connectivity index (χ3v) is 12.9. The van der Waals surface area contributed by atoms with Gasteiger partial charge in [0, 0.05) is 5.56 Å². The van der Waals surface area contributed by atoms with Crippen molar-refractivity contribution in [3.63, 3.8) is 0 Å². The first-order valence-electron chi connectivity index (χ1n) is 22.7. The second-order valence-corrected chi connectivity index (χ2v) is 17.2. The lowest BCUT2D eigenvalue weighted by Crippen LogP contribution is -2.09. The average Bonchev–Trinajstić information content (AvgIpc) is 3.40. The molecule has 0 spiro atoms. The molecular formula is C53H57Cl2N9O11. The maximum absolute atomic E-state index is 12.0. The lowest BCUT2D eigenvalue weighted by atomic mass is 9.99. The Bertz CT molecular complexity index is 3530. The summed E-state index contributed by atoms with van der Waals surface area (Å²) in [5.41, 5.74) is 14.8. The number of methoxy groups -OCH3 is 8. The molecule has 20 nitrogen and oxygen atoms in total. The van der Waals surface area contributed by atoms with E-state index in [4.69, 9.17) is 66.4 Å². The molecular weight excluding hydrogens is 1010 g/mol. The average molecular weight is 1070 g/mol. The number of hydrogen-bond donors (Lipinski definition) is 1. The number of halogens is 2. The molecule has 22 heteroatoms. The van der Waals surface area contributed by atoms with Gasteiger partial charge in [-0.25, -0.2) is 49.5 Å². The van der Waals surface area contributed by atoms with E-state index in [2.05, 4.69) is 45.9 Å². The minimum absolute atomic E-state index is 0.0672. The Labute approximate surface area is 443 Å². The van der Waals surface area contributed by atoms with Crippen molar-refractivity contribution in [3.8, 4) is 41.3 Å². The third-order valence-electron chi connectivity index (χ3n) is 12.3. The number of nitriles is 1. The van der Waals surface area contributed by atoms with Crippen LogP contribution >= 0.6 is 23.2 Å². The molecule has 0 saturated carbocycles. The summed E-state index contributed by atoms with van der Waals surface area (Å²) < 4.78 is 40.4. The van der Waals surface area contributed by atoms with Crippen LogP contribution in [0.2, 0.25) is 10.3 Å². The zero-order valence-corrected chi connectivity index (χ0v) is 46.0. The van der Waals surface area contributed by atoms with Crippen molar-refractivity contribution in [3.05, 3.63) is 101 Å².